The van der Waals surface area contributed by atoms with Crippen LogP contribution in [-0.2, 0) is 11.2 Å². The van der Waals surface area contributed by atoms with Crippen LogP contribution in [0.3, 0.4) is 0 Å². The van der Waals surface area contributed by atoms with Gasteiger partial charge < -0.3 is 9.42 Å². The van der Waals surface area contributed by atoms with Gasteiger partial charge in [-0.05, 0) is 44.9 Å². The Morgan fingerprint density at radius 3 is 2.26 bits per heavy atom. The monoisotopic (exact) mass is 422 g/mol. The average Bonchev–Trinajstić information content (AvgIpc) is 3.21. The van der Waals surface area contributed by atoms with E-state index in [1.54, 1.807) is 19.3 Å². The summed E-state index contributed by atoms with van der Waals surface area (Å²) in [6.07, 6.45) is 3.99. The van der Waals surface area contributed by atoms with Crippen molar-refractivity contribution in [3.05, 3.63) is 77.7 Å². The molecule has 3 rings (SSSR count). The van der Waals surface area contributed by atoms with Gasteiger partial charge in [0.25, 0.3) is 0 Å². The van der Waals surface area contributed by atoms with E-state index in [1.165, 1.54) is 0 Å². The summed E-state index contributed by atoms with van der Waals surface area (Å²) in [6.45, 7) is 12.5. The molecule has 0 bridgehead atoms. The lowest BCUT2D eigenvalue weighted by molar-refractivity contribution is -0.135. The van der Waals surface area contributed by atoms with Gasteiger partial charge in [0.15, 0.2) is 5.82 Å². The van der Waals surface area contributed by atoms with Crippen molar-refractivity contribution in [2.24, 2.45) is 0 Å². The molecule has 2 aromatic heterocycles. The standard InChI is InChI=1S/C23H28N4O2.C2H6/c1-5-27(16(2)3)23(28)22(19-12-9-13-24-15-19)20(18-10-7-6-8-11-18)14-21-25-17(4)26-29-21;1-2/h6-13,15-16,20,22H,5,14H2,1-4H3;1-2H3. The van der Waals surface area contributed by atoms with E-state index in [0.717, 1.165) is 11.1 Å². The molecule has 1 aromatic carbocycles. The number of hydrogen-bond acceptors (Lipinski definition) is 5. The Morgan fingerprint density at radius 2 is 1.74 bits per heavy atom. The molecule has 6 heteroatoms. The molecule has 0 aliphatic rings. The minimum Gasteiger partial charge on any atom is -0.340 e. The third-order valence-electron chi connectivity index (χ3n) is 5.15. The molecule has 2 heterocycles. The van der Waals surface area contributed by atoms with E-state index < -0.39 is 5.92 Å². The zero-order valence-corrected chi connectivity index (χ0v) is 19.4. The first kappa shape index (κ1) is 24.3. The normalized spacial score (nSPS) is 12.6. The maximum atomic E-state index is 13.8. The molecule has 0 spiro atoms. The van der Waals surface area contributed by atoms with E-state index >= 15 is 0 Å². The zero-order valence-electron chi connectivity index (χ0n) is 19.4. The van der Waals surface area contributed by atoms with Crippen LogP contribution in [0.1, 0.15) is 69.3 Å². The third-order valence-corrected chi connectivity index (χ3v) is 5.15. The van der Waals surface area contributed by atoms with Crippen LogP contribution in [0.4, 0.5) is 0 Å². The molecule has 1 amide bonds. The molecular formula is C25H34N4O2. The molecule has 0 aliphatic carbocycles. The molecule has 0 aliphatic heterocycles. The zero-order chi connectivity index (χ0) is 22.8. The summed E-state index contributed by atoms with van der Waals surface area (Å²) in [6, 6.07) is 14.0. The van der Waals surface area contributed by atoms with E-state index in [9.17, 15) is 4.79 Å². The number of aryl methyl sites for hydroxylation is 1. The highest BCUT2D eigenvalue weighted by molar-refractivity contribution is 5.85. The number of carbonyl (C=O) groups excluding carboxylic acids is 1. The second-order valence-electron chi connectivity index (χ2n) is 7.44. The van der Waals surface area contributed by atoms with Crippen LogP contribution in [0, 0.1) is 6.92 Å². The Labute approximate surface area is 185 Å². The second kappa shape index (κ2) is 12.0. The molecule has 6 nitrogen and oxygen atoms in total. The van der Waals surface area contributed by atoms with Gasteiger partial charge in [-0.3, -0.25) is 9.78 Å². The largest absolute Gasteiger partial charge is 0.340 e. The van der Waals surface area contributed by atoms with Crippen molar-refractivity contribution in [3.8, 4) is 0 Å². The fourth-order valence-corrected chi connectivity index (χ4v) is 3.80. The first-order chi connectivity index (χ1) is 15.0. The highest BCUT2D eigenvalue weighted by atomic mass is 16.5. The van der Waals surface area contributed by atoms with Gasteiger partial charge in [0.2, 0.25) is 11.8 Å². The van der Waals surface area contributed by atoms with E-state index in [4.69, 9.17) is 4.52 Å². The van der Waals surface area contributed by atoms with Gasteiger partial charge in [-0.1, -0.05) is 55.4 Å². The minimum atomic E-state index is -0.402. The molecule has 0 saturated heterocycles. The van der Waals surface area contributed by atoms with Crippen molar-refractivity contribution in [2.75, 3.05) is 6.54 Å². The topological polar surface area (TPSA) is 72.1 Å². The first-order valence-electron chi connectivity index (χ1n) is 11.1. The number of hydrogen-bond donors (Lipinski definition) is 0. The van der Waals surface area contributed by atoms with Crippen LogP contribution in [-0.4, -0.2) is 38.5 Å². The third kappa shape index (κ3) is 6.23. The quantitative estimate of drug-likeness (QED) is 0.501. The summed E-state index contributed by atoms with van der Waals surface area (Å²) in [4.78, 5) is 24.3. The summed E-state index contributed by atoms with van der Waals surface area (Å²) < 4.78 is 5.41. The number of benzene rings is 1. The Hall–Kier alpha value is -3.02. The van der Waals surface area contributed by atoms with Gasteiger partial charge in [-0.2, -0.15) is 4.98 Å². The van der Waals surface area contributed by atoms with Crippen LogP contribution in [0.5, 0.6) is 0 Å². The van der Waals surface area contributed by atoms with Crippen molar-refractivity contribution in [3.63, 3.8) is 0 Å². The molecule has 0 radical (unpaired) electrons. The smallest absolute Gasteiger partial charge is 0.231 e. The molecule has 31 heavy (non-hydrogen) atoms. The lowest BCUT2D eigenvalue weighted by Crippen LogP contribution is -2.42. The number of aromatic nitrogens is 3. The average molecular weight is 423 g/mol. The highest BCUT2D eigenvalue weighted by Gasteiger charge is 2.36. The highest BCUT2D eigenvalue weighted by Crippen LogP contribution is 2.37. The molecule has 0 saturated carbocycles. The lowest BCUT2D eigenvalue weighted by atomic mass is 9.78. The maximum Gasteiger partial charge on any atom is 0.231 e. The minimum absolute atomic E-state index is 0.0839. The number of pyridine rings is 1. The van der Waals surface area contributed by atoms with Crippen molar-refractivity contribution in [1.29, 1.82) is 0 Å². The Morgan fingerprint density at radius 1 is 1.06 bits per heavy atom. The van der Waals surface area contributed by atoms with Gasteiger partial charge in [0, 0.05) is 37.3 Å². The van der Waals surface area contributed by atoms with Crippen molar-refractivity contribution in [1.82, 2.24) is 20.0 Å². The maximum absolute atomic E-state index is 13.8. The van der Waals surface area contributed by atoms with E-state index in [2.05, 4.69) is 27.3 Å². The number of carbonyl (C=O) groups is 1. The van der Waals surface area contributed by atoms with Crippen LogP contribution >= 0.6 is 0 Å². The molecule has 3 aromatic rings. The predicted octanol–water partition coefficient (Wildman–Crippen LogP) is 5.17. The number of likely N-dealkylation sites (N-methyl/N-ethyl adjacent to an activating group) is 1. The molecule has 0 fully saturated rings. The summed E-state index contributed by atoms with van der Waals surface area (Å²) in [5.74, 6) is 0.654. The molecule has 2 atom stereocenters. The molecular weight excluding hydrogens is 388 g/mol. The summed E-state index contributed by atoms with van der Waals surface area (Å²) in [7, 11) is 0. The fourth-order valence-electron chi connectivity index (χ4n) is 3.80. The number of rotatable bonds is 8. The van der Waals surface area contributed by atoms with Gasteiger partial charge in [0.05, 0.1) is 5.92 Å². The van der Waals surface area contributed by atoms with Crippen molar-refractivity contribution in [2.45, 2.75) is 65.8 Å². The lowest BCUT2D eigenvalue weighted by Gasteiger charge is -2.33. The van der Waals surface area contributed by atoms with Crippen LogP contribution in [0.2, 0.25) is 0 Å². The van der Waals surface area contributed by atoms with Crippen molar-refractivity contribution >= 4 is 5.91 Å². The SMILES string of the molecule is CC.CCN(C(=O)C(c1cccnc1)C(Cc1nc(C)no1)c1ccccc1)C(C)C. The Balaban J connectivity index is 0.00000166. The molecule has 166 valence electrons. The molecule has 2 unspecified atom stereocenters. The number of nitrogens with zero attached hydrogens (tertiary/aromatic N) is 4. The summed E-state index contributed by atoms with van der Waals surface area (Å²) >= 11 is 0. The van der Waals surface area contributed by atoms with Crippen LogP contribution < -0.4 is 0 Å². The molecule has 0 N–H and O–H groups in total. The van der Waals surface area contributed by atoms with Gasteiger partial charge in [-0.15, -0.1) is 0 Å². The van der Waals surface area contributed by atoms with Crippen LogP contribution in [0.25, 0.3) is 0 Å². The van der Waals surface area contributed by atoms with E-state index in [0.29, 0.717) is 24.7 Å². The van der Waals surface area contributed by atoms with Gasteiger partial charge >= 0.3 is 0 Å². The fraction of sp³-hybridized carbons (Fsp3) is 0.440. The van der Waals surface area contributed by atoms with Gasteiger partial charge in [0.1, 0.15) is 0 Å². The van der Waals surface area contributed by atoms with Crippen LogP contribution in [0.15, 0.2) is 59.4 Å². The van der Waals surface area contributed by atoms with Gasteiger partial charge in [-0.25, -0.2) is 0 Å². The Bertz CT molecular complexity index is 910. The Kier molecular flexibility index (Phi) is 9.38. The van der Waals surface area contributed by atoms with E-state index in [1.807, 2.05) is 69.9 Å². The predicted molar refractivity (Wildman–Crippen MR) is 123 cm³/mol. The summed E-state index contributed by atoms with van der Waals surface area (Å²) in [5, 5.41) is 3.93. The summed E-state index contributed by atoms with van der Waals surface area (Å²) in [5.41, 5.74) is 1.95. The first-order valence-corrected chi connectivity index (χ1v) is 11.1. The number of amides is 1. The van der Waals surface area contributed by atoms with Crippen molar-refractivity contribution < 1.29 is 9.32 Å². The van der Waals surface area contributed by atoms with E-state index in [-0.39, 0.29) is 17.9 Å². The second-order valence-corrected chi connectivity index (χ2v) is 7.44.